The molecule has 1 unspecified atom stereocenters. The van der Waals surface area contributed by atoms with Gasteiger partial charge in [0, 0.05) is 11.3 Å². The molecule has 0 spiro atoms. The summed E-state index contributed by atoms with van der Waals surface area (Å²) in [4.78, 5) is 32.0. The summed E-state index contributed by atoms with van der Waals surface area (Å²) in [5.41, 5.74) is 3.40. The van der Waals surface area contributed by atoms with Crippen molar-refractivity contribution in [2.45, 2.75) is 37.6 Å². The smallest absolute Gasteiger partial charge is 0.270 e. The van der Waals surface area contributed by atoms with Crippen LogP contribution in [-0.2, 0) is 11.2 Å². The standard InChI is InChI=1S/C23H22N4O2S/c1-4-16-7-11-18(12-8-16)25-21(28)15(3)30-23-26-20(19(13-24)22(29)27-23)17-9-5-14(2)6-10-17/h5-12,15H,4H2,1-3H3,(H,25,28)(H,26,27,29). The van der Waals surface area contributed by atoms with Gasteiger partial charge in [-0.1, -0.05) is 60.6 Å². The van der Waals surface area contributed by atoms with Crippen molar-refractivity contribution >= 4 is 23.4 Å². The number of thioether (sulfide) groups is 1. The first-order valence-electron chi connectivity index (χ1n) is 9.59. The van der Waals surface area contributed by atoms with Crippen molar-refractivity contribution < 1.29 is 4.79 Å². The zero-order valence-electron chi connectivity index (χ0n) is 17.0. The third-order valence-electron chi connectivity index (χ3n) is 4.62. The number of rotatable bonds is 6. The van der Waals surface area contributed by atoms with Gasteiger partial charge in [-0.15, -0.1) is 0 Å². The van der Waals surface area contributed by atoms with Crippen molar-refractivity contribution in [3.8, 4) is 17.3 Å². The van der Waals surface area contributed by atoms with E-state index in [0.29, 0.717) is 22.1 Å². The summed E-state index contributed by atoms with van der Waals surface area (Å²) in [6.45, 7) is 5.77. The fourth-order valence-electron chi connectivity index (χ4n) is 2.82. The highest BCUT2D eigenvalue weighted by Crippen LogP contribution is 2.25. The molecule has 1 amide bonds. The summed E-state index contributed by atoms with van der Waals surface area (Å²) in [6.07, 6.45) is 0.932. The summed E-state index contributed by atoms with van der Waals surface area (Å²) < 4.78 is 0. The third-order valence-corrected chi connectivity index (χ3v) is 5.61. The molecule has 0 aliphatic rings. The highest BCUT2D eigenvalue weighted by molar-refractivity contribution is 8.00. The first kappa shape index (κ1) is 21.3. The SMILES string of the molecule is CCc1ccc(NC(=O)C(C)Sc2nc(-c3ccc(C)cc3)c(C#N)c(=O)[nH]2)cc1. The number of hydrogen-bond acceptors (Lipinski definition) is 5. The Balaban J connectivity index is 1.81. The van der Waals surface area contributed by atoms with Crippen LogP contribution in [0.15, 0.2) is 58.5 Å². The summed E-state index contributed by atoms with van der Waals surface area (Å²) in [6, 6.07) is 17.0. The molecular weight excluding hydrogens is 396 g/mol. The predicted molar refractivity (Wildman–Crippen MR) is 120 cm³/mol. The lowest BCUT2D eigenvalue weighted by atomic mass is 10.1. The van der Waals surface area contributed by atoms with Crippen LogP contribution < -0.4 is 10.9 Å². The van der Waals surface area contributed by atoms with Crippen molar-refractivity contribution in [2.24, 2.45) is 0 Å². The van der Waals surface area contributed by atoms with Crippen LogP contribution in [0.2, 0.25) is 0 Å². The second-order valence-electron chi connectivity index (χ2n) is 6.87. The number of amides is 1. The molecule has 3 rings (SSSR count). The van der Waals surface area contributed by atoms with Crippen molar-refractivity contribution in [3.63, 3.8) is 0 Å². The summed E-state index contributed by atoms with van der Waals surface area (Å²) in [5.74, 6) is -0.201. The fourth-order valence-corrected chi connectivity index (χ4v) is 3.62. The minimum absolute atomic E-state index is 0.0451. The molecule has 0 fully saturated rings. The molecule has 2 aromatic carbocycles. The van der Waals surface area contributed by atoms with E-state index in [1.807, 2.05) is 61.5 Å². The molecular formula is C23H22N4O2S. The van der Waals surface area contributed by atoms with Crippen LogP contribution in [0.1, 0.15) is 30.5 Å². The van der Waals surface area contributed by atoms with Gasteiger partial charge in [-0.05, 0) is 38.0 Å². The summed E-state index contributed by atoms with van der Waals surface area (Å²) in [7, 11) is 0. The van der Waals surface area contributed by atoms with Gasteiger partial charge in [0.25, 0.3) is 5.56 Å². The maximum atomic E-state index is 12.6. The van der Waals surface area contributed by atoms with Crippen molar-refractivity contribution in [1.29, 1.82) is 5.26 Å². The molecule has 152 valence electrons. The van der Waals surface area contributed by atoms with E-state index in [4.69, 9.17) is 0 Å². The van der Waals surface area contributed by atoms with Gasteiger partial charge in [-0.2, -0.15) is 5.26 Å². The van der Waals surface area contributed by atoms with Crippen molar-refractivity contribution in [3.05, 3.63) is 75.6 Å². The molecule has 1 atom stereocenters. The van der Waals surface area contributed by atoms with Crippen molar-refractivity contribution in [2.75, 3.05) is 5.32 Å². The van der Waals surface area contributed by atoms with Gasteiger partial charge in [-0.25, -0.2) is 4.98 Å². The quantitative estimate of drug-likeness (QED) is 0.459. The third kappa shape index (κ3) is 4.97. The number of aromatic amines is 1. The van der Waals surface area contributed by atoms with Gasteiger partial charge in [0.2, 0.25) is 5.91 Å². The molecule has 0 radical (unpaired) electrons. The number of carbonyl (C=O) groups excluding carboxylic acids is 1. The number of aromatic nitrogens is 2. The Morgan fingerprint density at radius 1 is 1.20 bits per heavy atom. The van der Waals surface area contributed by atoms with E-state index in [9.17, 15) is 14.9 Å². The Morgan fingerprint density at radius 2 is 1.87 bits per heavy atom. The highest BCUT2D eigenvalue weighted by atomic mass is 32.2. The number of nitriles is 1. The van der Waals surface area contributed by atoms with E-state index in [0.717, 1.165) is 23.7 Å². The van der Waals surface area contributed by atoms with Crippen LogP contribution in [0.25, 0.3) is 11.3 Å². The summed E-state index contributed by atoms with van der Waals surface area (Å²) >= 11 is 1.14. The van der Waals surface area contributed by atoms with Gasteiger partial charge < -0.3 is 10.3 Å². The second-order valence-corrected chi connectivity index (χ2v) is 8.20. The molecule has 0 saturated heterocycles. The normalized spacial score (nSPS) is 11.5. The maximum Gasteiger partial charge on any atom is 0.270 e. The predicted octanol–water partition coefficient (Wildman–Crippen LogP) is 4.30. The zero-order valence-corrected chi connectivity index (χ0v) is 17.8. The van der Waals surface area contributed by atoms with Crippen LogP contribution in [0.5, 0.6) is 0 Å². The Bertz CT molecular complexity index is 1150. The Labute approximate surface area is 179 Å². The average Bonchev–Trinajstić information content (AvgIpc) is 2.74. The molecule has 1 aromatic heterocycles. The van der Waals surface area contributed by atoms with Crippen LogP contribution in [0.4, 0.5) is 5.69 Å². The minimum Gasteiger partial charge on any atom is -0.325 e. The molecule has 1 heterocycles. The van der Waals surface area contributed by atoms with Gasteiger partial charge in [0.1, 0.15) is 11.6 Å². The first-order chi connectivity index (χ1) is 14.4. The topological polar surface area (TPSA) is 98.6 Å². The van der Waals surface area contributed by atoms with E-state index in [2.05, 4.69) is 22.2 Å². The van der Waals surface area contributed by atoms with Crippen LogP contribution in [-0.4, -0.2) is 21.1 Å². The summed E-state index contributed by atoms with van der Waals surface area (Å²) in [5, 5.41) is 12.1. The van der Waals surface area contributed by atoms with E-state index in [-0.39, 0.29) is 11.5 Å². The lowest BCUT2D eigenvalue weighted by Crippen LogP contribution is -2.23. The Kier molecular flexibility index (Phi) is 6.70. The number of nitrogens with one attached hydrogen (secondary N) is 2. The number of hydrogen-bond donors (Lipinski definition) is 2. The maximum absolute atomic E-state index is 12.6. The van der Waals surface area contributed by atoms with Crippen LogP contribution >= 0.6 is 11.8 Å². The largest absolute Gasteiger partial charge is 0.325 e. The molecule has 7 heteroatoms. The lowest BCUT2D eigenvalue weighted by molar-refractivity contribution is -0.115. The number of carbonyl (C=O) groups is 1. The number of anilines is 1. The second kappa shape index (κ2) is 9.42. The Hall–Kier alpha value is -3.37. The number of aryl methyl sites for hydroxylation is 2. The van der Waals surface area contributed by atoms with Gasteiger partial charge in [-0.3, -0.25) is 9.59 Å². The molecule has 2 N–H and O–H groups in total. The highest BCUT2D eigenvalue weighted by Gasteiger charge is 2.19. The number of benzene rings is 2. The Morgan fingerprint density at radius 3 is 2.47 bits per heavy atom. The van der Waals surface area contributed by atoms with E-state index in [1.54, 1.807) is 6.92 Å². The average molecular weight is 419 g/mol. The lowest BCUT2D eigenvalue weighted by Gasteiger charge is -2.13. The van der Waals surface area contributed by atoms with Gasteiger partial charge >= 0.3 is 0 Å². The van der Waals surface area contributed by atoms with E-state index < -0.39 is 10.8 Å². The molecule has 3 aromatic rings. The molecule has 6 nitrogen and oxygen atoms in total. The molecule has 30 heavy (non-hydrogen) atoms. The van der Waals surface area contributed by atoms with Crippen LogP contribution in [0.3, 0.4) is 0 Å². The molecule has 0 aliphatic carbocycles. The fraction of sp³-hybridized carbons (Fsp3) is 0.217. The van der Waals surface area contributed by atoms with E-state index >= 15 is 0 Å². The zero-order chi connectivity index (χ0) is 21.7. The minimum atomic E-state index is -0.520. The monoisotopic (exact) mass is 418 g/mol. The molecule has 0 bridgehead atoms. The van der Waals surface area contributed by atoms with Gasteiger partial charge in [0.15, 0.2) is 5.16 Å². The number of H-pyrrole nitrogens is 1. The first-order valence-corrected chi connectivity index (χ1v) is 10.5. The number of nitrogens with zero attached hydrogens (tertiary/aromatic N) is 2. The van der Waals surface area contributed by atoms with Gasteiger partial charge in [0.05, 0.1) is 10.9 Å². The van der Waals surface area contributed by atoms with Crippen LogP contribution in [0, 0.1) is 18.3 Å². The van der Waals surface area contributed by atoms with E-state index in [1.165, 1.54) is 5.56 Å². The van der Waals surface area contributed by atoms with Crippen molar-refractivity contribution in [1.82, 2.24) is 9.97 Å². The molecule has 0 saturated carbocycles. The molecule has 0 aliphatic heterocycles.